The number of hydrogen-bond donors (Lipinski definition) is 1. The summed E-state index contributed by atoms with van der Waals surface area (Å²) in [6.07, 6.45) is 0. The lowest BCUT2D eigenvalue weighted by atomic mass is 9.96. The summed E-state index contributed by atoms with van der Waals surface area (Å²) in [7, 11) is 1.56. The standard InChI is InChI=1S/C14H17N3O/c1-9-5-4-6-11(10(9)2)14(15)12-7-8-13(18-3)17-16-12/h4-8,14H,15H2,1-3H3. The van der Waals surface area contributed by atoms with Crippen LogP contribution < -0.4 is 10.5 Å². The molecule has 0 saturated heterocycles. The fourth-order valence-electron chi connectivity index (χ4n) is 1.88. The fourth-order valence-corrected chi connectivity index (χ4v) is 1.88. The summed E-state index contributed by atoms with van der Waals surface area (Å²) in [4.78, 5) is 0. The number of aromatic nitrogens is 2. The van der Waals surface area contributed by atoms with Crippen molar-refractivity contribution in [1.29, 1.82) is 0 Å². The van der Waals surface area contributed by atoms with Gasteiger partial charge in [0, 0.05) is 6.07 Å². The molecule has 0 spiro atoms. The van der Waals surface area contributed by atoms with Gasteiger partial charge in [0.15, 0.2) is 0 Å². The van der Waals surface area contributed by atoms with Gasteiger partial charge in [0.25, 0.3) is 0 Å². The van der Waals surface area contributed by atoms with Crippen LogP contribution in [0.3, 0.4) is 0 Å². The number of benzene rings is 1. The third kappa shape index (κ3) is 2.33. The summed E-state index contributed by atoms with van der Waals surface area (Å²) in [5, 5.41) is 8.04. The van der Waals surface area contributed by atoms with Gasteiger partial charge in [-0.15, -0.1) is 10.2 Å². The largest absolute Gasteiger partial charge is 0.480 e. The van der Waals surface area contributed by atoms with Gasteiger partial charge in [-0.3, -0.25) is 0 Å². The molecule has 1 heterocycles. The molecule has 2 N–H and O–H groups in total. The minimum atomic E-state index is -0.261. The first kappa shape index (κ1) is 12.5. The van der Waals surface area contributed by atoms with E-state index in [0.29, 0.717) is 5.88 Å². The Labute approximate surface area is 107 Å². The Morgan fingerprint density at radius 3 is 2.50 bits per heavy atom. The van der Waals surface area contributed by atoms with Crippen LogP contribution in [-0.2, 0) is 0 Å². The second kappa shape index (κ2) is 5.14. The van der Waals surface area contributed by atoms with Crippen molar-refractivity contribution < 1.29 is 4.74 Å². The van der Waals surface area contributed by atoms with Crippen molar-refractivity contribution in [1.82, 2.24) is 10.2 Å². The quantitative estimate of drug-likeness (QED) is 0.897. The predicted molar refractivity (Wildman–Crippen MR) is 70.5 cm³/mol. The molecule has 1 unspecified atom stereocenters. The van der Waals surface area contributed by atoms with Gasteiger partial charge in [-0.2, -0.15) is 0 Å². The van der Waals surface area contributed by atoms with Crippen LogP contribution in [0.2, 0.25) is 0 Å². The Morgan fingerprint density at radius 1 is 1.11 bits per heavy atom. The van der Waals surface area contributed by atoms with Crippen molar-refractivity contribution in [2.75, 3.05) is 7.11 Å². The maximum atomic E-state index is 6.23. The molecule has 0 bridgehead atoms. The lowest BCUT2D eigenvalue weighted by Crippen LogP contribution is -2.15. The molecule has 94 valence electrons. The van der Waals surface area contributed by atoms with Gasteiger partial charge in [0.1, 0.15) is 0 Å². The van der Waals surface area contributed by atoms with Crippen LogP contribution in [0.4, 0.5) is 0 Å². The van der Waals surface area contributed by atoms with E-state index in [1.165, 1.54) is 11.1 Å². The van der Waals surface area contributed by atoms with E-state index >= 15 is 0 Å². The maximum absolute atomic E-state index is 6.23. The van der Waals surface area contributed by atoms with Gasteiger partial charge < -0.3 is 10.5 Å². The summed E-state index contributed by atoms with van der Waals surface area (Å²) in [5.74, 6) is 0.493. The lowest BCUT2D eigenvalue weighted by Gasteiger charge is -2.15. The van der Waals surface area contributed by atoms with Crippen molar-refractivity contribution in [3.05, 3.63) is 52.7 Å². The molecule has 0 aliphatic rings. The molecule has 0 radical (unpaired) electrons. The fraction of sp³-hybridized carbons (Fsp3) is 0.286. The zero-order chi connectivity index (χ0) is 13.1. The van der Waals surface area contributed by atoms with Crippen LogP contribution in [0.1, 0.15) is 28.4 Å². The van der Waals surface area contributed by atoms with Gasteiger partial charge >= 0.3 is 0 Å². The second-order valence-electron chi connectivity index (χ2n) is 4.27. The average molecular weight is 243 g/mol. The number of nitrogens with zero attached hydrogens (tertiary/aromatic N) is 2. The first-order valence-corrected chi connectivity index (χ1v) is 5.82. The van der Waals surface area contributed by atoms with Gasteiger partial charge in [0.05, 0.1) is 18.8 Å². The van der Waals surface area contributed by atoms with Crippen LogP contribution >= 0.6 is 0 Å². The number of nitrogens with two attached hydrogens (primary N) is 1. The molecule has 1 atom stereocenters. The molecule has 1 aromatic heterocycles. The summed E-state index contributed by atoms with van der Waals surface area (Å²) in [6, 6.07) is 9.47. The normalized spacial score (nSPS) is 12.2. The van der Waals surface area contributed by atoms with E-state index in [2.05, 4.69) is 30.1 Å². The highest BCUT2D eigenvalue weighted by molar-refractivity contribution is 5.38. The van der Waals surface area contributed by atoms with E-state index in [1.807, 2.05) is 18.2 Å². The van der Waals surface area contributed by atoms with E-state index < -0.39 is 0 Å². The zero-order valence-corrected chi connectivity index (χ0v) is 10.8. The van der Waals surface area contributed by atoms with Crippen molar-refractivity contribution in [3.8, 4) is 5.88 Å². The molecule has 0 aliphatic heterocycles. The molecule has 1 aromatic carbocycles. The molecule has 4 nitrogen and oxygen atoms in total. The highest BCUT2D eigenvalue weighted by atomic mass is 16.5. The summed E-state index contributed by atoms with van der Waals surface area (Å²) >= 11 is 0. The Morgan fingerprint density at radius 2 is 1.89 bits per heavy atom. The predicted octanol–water partition coefficient (Wildman–Crippen LogP) is 2.15. The van der Waals surface area contributed by atoms with Gasteiger partial charge in [-0.25, -0.2) is 0 Å². The Balaban J connectivity index is 2.35. The zero-order valence-electron chi connectivity index (χ0n) is 10.8. The minimum Gasteiger partial charge on any atom is -0.480 e. The van der Waals surface area contributed by atoms with E-state index in [-0.39, 0.29) is 6.04 Å². The lowest BCUT2D eigenvalue weighted by molar-refractivity contribution is 0.390. The molecule has 4 heteroatoms. The molecule has 2 rings (SSSR count). The molecule has 18 heavy (non-hydrogen) atoms. The Kier molecular flexibility index (Phi) is 3.58. The first-order chi connectivity index (χ1) is 8.63. The molecule has 0 saturated carbocycles. The van der Waals surface area contributed by atoms with Crippen LogP contribution in [0.25, 0.3) is 0 Å². The summed E-state index contributed by atoms with van der Waals surface area (Å²) in [6.45, 7) is 4.15. The molecule has 0 aliphatic carbocycles. The first-order valence-electron chi connectivity index (χ1n) is 5.82. The monoisotopic (exact) mass is 243 g/mol. The number of ether oxygens (including phenoxy) is 1. The van der Waals surface area contributed by atoms with Gasteiger partial charge in [-0.1, -0.05) is 18.2 Å². The van der Waals surface area contributed by atoms with E-state index in [4.69, 9.17) is 10.5 Å². The van der Waals surface area contributed by atoms with Crippen LogP contribution in [-0.4, -0.2) is 17.3 Å². The highest BCUT2D eigenvalue weighted by Gasteiger charge is 2.14. The van der Waals surface area contributed by atoms with Gasteiger partial charge in [0.2, 0.25) is 5.88 Å². The van der Waals surface area contributed by atoms with E-state index in [9.17, 15) is 0 Å². The average Bonchev–Trinajstić information content (AvgIpc) is 2.41. The minimum absolute atomic E-state index is 0.261. The van der Waals surface area contributed by atoms with Crippen LogP contribution in [0, 0.1) is 13.8 Å². The Bertz CT molecular complexity index is 537. The number of aryl methyl sites for hydroxylation is 1. The van der Waals surface area contributed by atoms with Crippen molar-refractivity contribution in [2.45, 2.75) is 19.9 Å². The SMILES string of the molecule is COc1ccc(C(N)c2cccc(C)c2C)nn1. The van der Waals surface area contributed by atoms with Gasteiger partial charge in [-0.05, 0) is 36.6 Å². The second-order valence-corrected chi connectivity index (χ2v) is 4.27. The number of methoxy groups -OCH3 is 1. The van der Waals surface area contributed by atoms with E-state index in [1.54, 1.807) is 13.2 Å². The van der Waals surface area contributed by atoms with Crippen LogP contribution in [0.15, 0.2) is 30.3 Å². The summed E-state index contributed by atoms with van der Waals surface area (Å²) in [5.41, 5.74) is 10.5. The molecular weight excluding hydrogens is 226 g/mol. The van der Waals surface area contributed by atoms with Crippen molar-refractivity contribution in [2.24, 2.45) is 5.73 Å². The molecule has 0 amide bonds. The molecule has 0 fully saturated rings. The molecular formula is C14H17N3O. The number of rotatable bonds is 3. The highest BCUT2D eigenvalue weighted by Crippen LogP contribution is 2.23. The summed E-state index contributed by atoms with van der Waals surface area (Å²) < 4.78 is 4.98. The topological polar surface area (TPSA) is 61.0 Å². The number of hydrogen-bond acceptors (Lipinski definition) is 4. The Hall–Kier alpha value is -1.94. The van der Waals surface area contributed by atoms with Crippen LogP contribution in [0.5, 0.6) is 5.88 Å². The van der Waals surface area contributed by atoms with Crippen molar-refractivity contribution in [3.63, 3.8) is 0 Å². The third-order valence-electron chi connectivity index (χ3n) is 3.17. The van der Waals surface area contributed by atoms with E-state index in [0.717, 1.165) is 11.3 Å². The van der Waals surface area contributed by atoms with Crippen molar-refractivity contribution >= 4 is 0 Å². The maximum Gasteiger partial charge on any atom is 0.233 e. The third-order valence-corrected chi connectivity index (χ3v) is 3.17. The molecule has 2 aromatic rings. The smallest absolute Gasteiger partial charge is 0.233 e.